The summed E-state index contributed by atoms with van der Waals surface area (Å²) in [6.07, 6.45) is 0. The van der Waals surface area contributed by atoms with E-state index in [-0.39, 0.29) is 16.1 Å². The largest absolute Gasteiger partial charge is 0.341 e. The predicted octanol–water partition coefficient (Wildman–Crippen LogP) is 5.55. The zero-order valence-electron chi connectivity index (χ0n) is 19.8. The SMILES string of the molecule is Cc1ccccc1S(=O)(=O)Nc1cc(C)c2c(=O)cc(Nc3ccccc3)n(-c3ccccc3)c2n1. The lowest BCUT2D eigenvalue weighted by molar-refractivity contribution is 0.600. The van der Waals surface area contributed by atoms with Gasteiger partial charge in [0.15, 0.2) is 11.1 Å². The van der Waals surface area contributed by atoms with E-state index < -0.39 is 10.0 Å². The van der Waals surface area contributed by atoms with Gasteiger partial charge in [-0.25, -0.2) is 13.4 Å². The van der Waals surface area contributed by atoms with Crippen molar-refractivity contribution < 1.29 is 8.42 Å². The number of nitrogens with one attached hydrogen (secondary N) is 2. The van der Waals surface area contributed by atoms with Gasteiger partial charge in [0.25, 0.3) is 10.0 Å². The molecule has 7 nitrogen and oxygen atoms in total. The van der Waals surface area contributed by atoms with Gasteiger partial charge in [0.05, 0.1) is 10.3 Å². The summed E-state index contributed by atoms with van der Waals surface area (Å²) in [6, 6.07) is 28.9. The summed E-state index contributed by atoms with van der Waals surface area (Å²) in [5, 5.41) is 3.72. The van der Waals surface area contributed by atoms with Crippen LogP contribution in [0.15, 0.2) is 107 Å². The average molecular weight is 497 g/mol. The van der Waals surface area contributed by atoms with Crippen LogP contribution < -0.4 is 15.5 Å². The third-order valence-electron chi connectivity index (χ3n) is 5.85. The molecule has 0 amide bonds. The second kappa shape index (κ2) is 9.31. The summed E-state index contributed by atoms with van der Waals surface area (Å²) >= 11 is 0. The summed E-state index contributed by atoms with van der Waals surface area (Å²) in [6.45, 7) is 3.51. The van der Waals surface area contributed by atoms with Crippen LogP contribution in [0.25, 0.3) is 16.7 Å². The first kappa shape index (κ1) is 23.3. The van der Waals surface area contributed by atoms with E-state index in [9.17, 15) is 13.2 Å². The van der Waals surface area contributed by atoms with Gasteiger partial charge < -0.3 is 5.32 Å². The number of nitrogens with zero attached hydrogens (tertiary/aromatic N) is 2. The van der Waals surface area contributed by atoms with Crippen molar-refractivity contribution in [3.05, 3.63) is 118 Å². The smallest absolute Gasteiger partial charge is 0.263 e. The minimum Gasteiger partial charge on any atom is -0.341 e. The van der Waals surface area contributed by atoms with Crippen LogP contribution in [-0.2, 0) is 10.0 Å². The molecule has 8 heteroatoms. The maximum Gasteiger partial charge on any atom is 0.263 e. The fourth-order valence-electron chi connectivity index (χ4n) is 4.20. The monoisotopic (exact) mass is 496 g/mol. The number of para-hydroxylation sites is 2. The van der Waals surface area contributed by atoms with Gasteiger partial charge in [-0.15, -0.1) is 0 Å². The first-order valence-corrected chi connectivity index (χ1v) is 12.9. The Bertz CT molecular complexity index is 1730. The van der Waals surface area contributed by atoms with Gasteiger partial charge in [0.1, 0.15) is 11.6 Å². The van der Waals surface area contributed by atoms with Crippen LogP contribution >= 0.6 is 0 Å². The van der Waals surface area contributed by atoms with Crippen LogP contribution in [0.2, 0.25) is 0 Å². The Morgan fingerprint density at radius 3 is 2.11 bits per heavy atom. The first-order chi connectivity index (χ1) is 17.3. The molecule has 0 unspecified atom stereocenters. The van der Waals surface area contributed by atoms with E-state index in [0.717, 1.165) is 11.4 Å². The molecule has 5 aromatic rings. The molecule has 3 aromatic carbocycles. The molecule has 0 aliphatic heterocycles. The van der Waals surface area contributed by atoms with E-state index in [1.807, 2.05) is 65.2 Å². The van der Waals surface area contributed by atoms with Crippen LogP contribution in [0, 0.1) is 13.8 Å². The molecule has 0 saturated heterocycles. The van der Waals surface area contributed by atoms with Crippen molar-refractivity contribution in [1.82, 2.24) is 9.55 Å². The Balaban J connectivity index is 1.73. The maximum atomic E-state index is 13.2. The van der Waals surface area contributed by atoms with Crippen molar-refractivity contribution in [3.8, 4) is 5.69 Å². The van der Waals surface area contributed by atoms with Gasteiger partial charge in [-0.3, -0.25) is 14.1 Å². The van der Waals surface area contributed by atoms with Crippen LogP contribution in [0.4, 0.5) is 17.3 Å². The number of pyridine rings is 2. The molecular formula is C28H24N4O3S. The van der Waals surface area contributed by atoms with Gasteiger partial charge in [0.2, 0.25) is 0 Å². The zero-order chi connectivity index (χ0) is 25.3. The van der Waals surface area contributed by atoms with E-state index in [0.29, 0.717) is 28.0 Å². The standard InChI is InChI=1S/C28H24N4O3S/c1-19-11-9-10-16-24(19)36(34,35)31-25-17-20(2)27-23(33)18-26(29-21-12-5-3-6-13-21)32(28(27)30-25)22-14-7-4-8-15-22/h3-18,29H,1-2H3,(H,30,31). The topological polar surface area (TPSA) is 93.1 Å². The molecule has 2 heterocycles. The quantitative estimate of drug-likeness (QED) is 0.322. The van der Waals surface area contributed by atoms with Crippen molar-refractivity contribution in [2.45, 2.75) is 18.7 Å². The zero-order valence-corrected chi connectivity index (χ0v) is 20.6. The van der Waals surface area contributed by atoms with Crippen molar-refractivity contribution in [2.24, 2.45) is 0 Å². The molecule has 0 spiro atoms. The van der Waals surface area contributed by atoms with E-state index in [2.05, 4.69) is 15.0 Å². The highest BCUT2D eigenvalue weighted by molar-refractivity contribution is 7.92. The molecule has 5 rings (SSSR count). The Labute approximate surface area is 209 Å². The van der Waals surface area contributed by atoms with Gasteiger partial charge >= 0.3 is 0 Å². The second-order valence-electron chi connectivity index (χ2n) is 8.45. The Morgan fingerprint density at radius 2 is 1.42 bits per heavy atom. The number of benzene rings is 3. The maximum absolute atomic E-state index is 13.2. The number of hydrogen-bond donors (Lipinski definition) is 2. The Morgan fingerprint density at radius 1 is 0.778 bits per heavy atom. The summed E-state index contributed by atoms with van der Waals surface area (Å²) in [5.41, 5.74) is 2.94. The number of rotatable bonds is 6. The van der Waals surface area contributed by atoms with Crippen LogP contribution in [0.5, 0.6) is 0 Å². The number of aromatic nitrogens is 2. The Hall–Kier alpha value is -4.43. The lowest BCUT2D eigenvalue weighted by Crippen LogP contribution is -2.18. The highest BCUT2D eigenvalue weighted by Crippen LogP contribution is 2.28. The molecule has 0 aliphatic carbocycles. The van der Waals surface area contributed by atoms with Crippen molar-refractivity contribution in [2.75, 3.05) is 10.0 Å². The number of hydrogen-bond acceptors (Lipinski definition) is 5. The van der Waals surface area contributed by atoms with Crippen molar-refractivity contribution in [3.63, 3.8) is 0 Å². The second-order valence-corrected chi connectivity index (χ2v) is 10.1. The molecule has 0 atom stereocenters. The minimum atomic E-state index is -3.89. The summed E-state index contributed by atoms with van der Waals surface area (Å²) in [4.78, 5) is 18.0. The van der Waals surface area contributed by atoms with E-state index in [4.69, 9.17) is 0 Å². The number of anilines is 3. The molecule has 0 fully saturated rings. The number of aryl methyl sites for hydroxylation is 2. The predicted molar refractivity (Wildman–Crippen MR) is 144 cm³/mol. The molecule has 36 heavy (non-hydrogen) atoms. The fourth-order valence-corrected chi connectivity index (χ4v) is 5.44. The third kappa shape index (κ3) is 4.46. The molecule has 0 bridgehead atoms. The van der Waals surface area contributed by atoms with Crippen molar-refractivity contribution in [1.29, 1.82) is 0 Å². The molecule has 180 valence electrons. The molecule has 0 saturated carbocycles. The number of fused-ring (bicyclic) bond motifs is 1. The summed E-state index contributed by atoms with van der Waals surface area (Å²) < 4.78 is 30.8. The van der Waals surface area contributed by atoms with Gasteiger partial charge in [-0.05, 0) is 61.4 Å². The van der Waals surface area contributed by atoms with Gasteiger partial charge in [0, 0.05) is 17.4 Å². The third-order valence-corrected chi connectivity index (χ3v) is 7.36. The highest BCUT2D eigenvalue weighted by Gasteiger charge is 2.20. The fraction of sp³-hybridized carbons (Fsp3) is 0.0714. The van der Waals surface area contributed by atoms with Crippen molar-refractivity contribution >= 4 is 38.4 Å². The molecular weight excluding hydrogens is 472 g/mol. The van der Waals surface area contributed by atoms with Crippen LogP contribution in [-0.4, -0.2) is 18.0 Å². The van der Waals surface area contributed by atoms with Crippen LogP contribution in [0.3, 0.4) is 0 Å². The van der Waals surface area contributed by atoms with Crippen LogP contribution in [0.1, 0.15) is 11.1 Å². The molecule has 2 N–H and O–H groups in total. The molecule has 0 aliphatic rings. The lowest BCUT2D eigenvalue weighted by atomic mass is 10.1. The molecule has 2 aromatic heterocycles. The van der Waals surface area contributed by atoms with E-state index >= 15 is 0 Å². The molecule has 0 radical (unpaired) electrons. The summed E-state index contributed by atoms with van der Waals surface area (Å²) in [5.74, 6) is 0.639. The van der Waals surface area contributed by atoms with E-state index in [1.54, 1.807) is 44.2 Å². The average Bonchev–Trinajstić information content (AvgIpc) is 2.85. The van der Waals surface area contributed by atoms with Gasteiger partial charge in [-0.1, -0.05) is 54.6 Å². The minimum absolute atomic E-state index is 0.129. The normalized spacial score (nSPS) is 11.4. The van der Waals surface area contributed by atoms with Gasteiger partial charge in [-0.2, -0.15) is 0 Å². The summed E-state index contributed by atoms with van der Waals surface area (Å²) in [7, 11) is -3.89. The number of sulfonamides is 1. The highest BCUT2D eigenvalue weighted by atomic mass is 32.2. The van der Waals surface area contributed by atoms with E-state index in [1.165, 1.54) is 6.07 Å². The lowest BCUT2D eigenvalue weighted by Gasteiger charge is -2.19. The first-order valence-electron chi connectivity index (χ1n) is 11.4. The Kier molecular flexibility index (Phi) is 6.03.